The van der Waals surface area contributed by atoms with Crippen molar-refractivity contribution in [1.82, 2.24) is 0 Å². The summed E-state index contributed by atoms with van der Waals surface area (Å²) in [7, 11) is -2.54. The molecule has 0 amide bonds. The Balaban J connectivity index is 3.33. The molecule has 0 aliphatic rings. The monoisotopic (exact) mass is 183 g/mol. The van der Waals surface area contributed by atoms with E-state index in [0.717, 1.165) is 5.56 Å². The third kappa shape index (κ3) is 1.85. The molecule has 0 aliphatic heterocycles. The molecule has 66 valence electrons. The van der Waals surface area contributed by atoms with Gasteiger partial charge in [0.25, 0.3) is 0 Å². The minimum Gasteiger partial charge on any atom is -0.249 e. The van der Waals surface area contributed by atoms with Crippen molar-refractivity contribution in [2.75, 3.05) is 6.26 Å². The molecule has 1 N–H and O–H groups in total. The van der Waals surface area contributed by atoms with Crippen LogP contribution in [0.25, 0.3) is 0 Å². The van der Waals surface area contributed by atoms with E-state index in [1.807, 2.05) is 26.0 Å². The molecule has 0 fully saturated rings. The predicted molar refractivity (Wildman–Crippen MR) is 51.0 cm³/mol. The van der Waals surface area contributed by atoms with Gasteiger partial charge in [-0.3, -0.25) is 0 Å². The molecule has 1 atom stereocenters. The molecule has 0 bridgehead atoms. The first-order valence-corrected chi connectivity index (χ1v) is 5.69. The Morgan fingerprint density at radius 2 is 1.83 bits per heavy atom. The highest BCUT2D eigenvalue weighted by atomic mass is 32.2. The molecular formula is C9H13NOS. The van der Waals surface area contributed by atoms with Crippen LogP contribution >= 0.6 is 0 Å². The van der Waals surface area contributed by atoms with Crippen LogP contribution in [0.4, 0.5) is 0 Å². The molecule has 0 saturated carbocycles. The topological polar surface area (TPSA) is 40.9 Å². The van der Waals surface area contributed by atoms with Gasteiger partial charge in [0, 0.05) is 11.2 Å². The second-order valence-electron chi connectivity index (χ2n) is 3.09. The second-order valence-corrected chi connectivity index (χ2v) is 5.25. The molecule has 0 saturated heterocycles. The summed E-state index contributed by atoms with van der Waals surface area (Å²) in [6, 6.07) is 5.49. The third-order valence-electron chi connectivity index (χ3n) is 1.93. The summed E-state index contributed by atoms with van der Waals surface area (Å²) in [6.45, 7) is 3.96. The number of nitrogens with one attached hydrogen (secondary N) is 1. The molecule has 3 heteroatoms. The highest BCUT2D eigenvalue weighted by Crippen LogP contribution is 2.14. The van der Waals surface area contributed by atoms with Crippen LogP contribution in [-0.4, -0.2) is 10.5 Å². The average Bonchev–Trinajstić information content (AvgIpc) is 1.92. The number of aryl methyl sites for hydroxylation is 2. The zero-order valence-electron chi connectivity index (χ0n) is 7.55. The Kier molecular flexibility index (Phi) is 2.24. The van der Waals surface area contributed by atoms with Crippen molar-refractivity contribution in [3.8, 4) is 0 Å². The van der Waals surface area contributed by atoms with Gasteiger partial charge in [-0.1, -0.05) is 6.07 Å². The lowest BCUT2D eigenvalue weighted by Crippen LogP contribution is -1.95. The van der Waals surface area contributed by atoms with Gasteiger partial charge >= 0.3 is 0 Å². The average molecular weight is 183 g/mol. The Hall–Kier alpha value is -0.830. The quantitative estimate of drug-likeness (QED) is 0.713. The lowest BCUT2D eigenvalue weighted by atomic mass is 10.1. The molecule has 0 radical (unpaired) electrons. The minimum atomic E-state index is -2.54. The summed E-state index contributed by atoms with van der Waals surface area (Å²) in [4.78, 5) is 0.616. The van der Waals surface area contributed by atoms with Crippen LogP contribution in [-0.2, 0) is 9.73 Å². The van der Waals surface area contributed by atoms with E-state index in [-0.39, 0.29) is 0 Å². The fourth-order valence-corrected chi connectivity index (χ4v) is 1.69. The molecule has 0 aromatic heterocycles. The summed E-state index contributed by atoms with van der Waals surface area (Å²) in [6.07, 6.45) is 1.44. The lowest BCUT2D eigenvalue weighted by molar-refractivity contribution is 0.679. The fraction of sp³-hybridized carbons (Fsp3) is 0.333. The standard InChI is InChI=1S/C9H13NOS/c1-7-4-5-9(6-8(7)2)12(3,10)11/h4-6,10H,1-3H3. The van der Waals surface area contributed by atoms with E-state index in [4.69, 9.17) is 4.78 Å². The van der Waals surface area contributed by atoms with Gasteiger partial charge < -0.3 is 0 Å². The van der Waals surface area contributed by atoms with Crippen molar-refractivity contribution in [1.29, 1.82) is 4.78 Å². The highest BCUT2D eigenvalue weighted by Gasteiger charge is 2.03. The molecule has 1 unspecified atom stereocenters. The van der Waals surface area contributed by atoms with E-state index >= 15 is 0 Å². The summed E-state index contributed by atoms with van der Waals surface area (Å²) in [5, 5.41) is 0. The van der Waals surface area contributed by atoms with Crippen LogP contribution < -0.4 is 0 Å². The van der Waals surface area contributed by atoms with Crippen molar-refractivity contribution < 1.29 is 4.21 Å². The zero-order chi connectivity index (χ0) is 9.35. The van der Waals surface area contributed by atoms with Crippen molar-refractivity contribution in [3.05, 3.63) is 29.3 Å². The molecule has 0 heterocycles. The van der Waals surface area contributed by atoms with Crippen LogP contribution in [0.2, 0.25) is 0 Å². The van der Waals surface area contributed by atoms with Crippen LogP contribution in [0.5, 0.6) is 0 Å². The van der Waals surface area contributed by atoms with Crippen LogP contribution in [0, 0.1) is 18.6 Å². The zero-order valence-corrected chi connectivity index (χ0v) is 8.37. The molecule has 1 rings (SSSR count). The summed E-state index contributed by atoms with van der Waals surface area (Å²) in [5.74, 6) is 0. The van der Waals surface area contributed by atoms with Gasteiger partial charge in [-0.15, -0.1) is 0 Å². The van der Waals surface area contributed by atoms with Gasteiger partial charge in [0.05, 0.1) is 9.73 Å². The van der Waals surface area contributed by atoms with E-state index < -0.39 is 9.73 Å². The number of hydrogen-bond acceptors (Lipinski definition) is 2. The Labute approximate surface area is 73.6 Å². The largest absolute Gasteiger partial charge is 0.249 e. The van der Waals surface area contributed by atoms with Crippen LogP contribution in [0.3, 0.4) is 0 Å². The minimum absolute atomic E-state index is 0.616. The summed E-state index contributed by atoms with van der Waals surface area (Å²) in [5.41, 5.74) is 2.26. The maximum absolute atomic E-state index is 11.3. The second kappa shape index (κ2) is 2.90. The predicted octanol–water partition coefficient (Wildman–Crippen LogP) is 2.34. The number of benzene rings is 1. The Bertz CT molecular complexity index is 393. The maximum Gasteiger partial charge on any atom is 0.0696 e. The number of rotatable bonds is 1. The van der Waals surface area contributed by atoms with Crippen molar-refractivity contribution in [2.45, 2.75) is 18.7 Å². The third-order valence-corrected chi connectivity index (χ3v) is 3.08. The van der Waals surface area contributed by atoms with Gasteiger partial charge in [0.15, 0.2) is 0 Å². The van der Waals surface area contributed by atoms with Crippen molar-refractivity contribution in [2.24, 2.45) is 0 Å². The van der Waals surface area contributed by atoms with Gasteiger partial charge in [-0.05, 0) is 37.1 Å². The van der Waals surface area contributed by atoms with Crippen LogP contribution in [0.15, 0.2) is 23.1 Å². The fourth-order valence-electron chi connectivity index (χ4n) is 0.956. The van der Waals surface area contributed by atoms with E-state index in [1.165, 1.54) is 11.8 Å². The first kappa shape index (κ1) is 9.26. The van der Waals surface area contributed by atoms with Gasteiger partial charge in [-0.25, -0.2) is 8.99 Å². The maximum atomic E-state index is 11.3. The number of hydrogen-bond donors (Lipinski definition) is 1. The normalized spacial score (nSPS) is 15.6. The SMILES string of the molecule is Cc1ccc(S(C)(=N)=O)cc1C. The Morgan fingerprint density at radius 3 is 2.25 bits per heavy atom. The molecule has 0 aliphatic carbocycles. The van der Waals surface area contributed by atoms with Crippen molar-refractivity contribution in [3.63, 3.8) is 0 Å². The van der Waals surface area contributed by atoms with Crippen LogP contribution in [0.1, 0.15) is 11.1 Å². The summed E-state index contributed by atoms with van der Waals surface area (Å²) < 4.78 is 18.7. The van der Waals surface area contributed by atoms with Gasteiger partial charge in [-0.2, -0.15) is 0 Å². The molecule has 1 aromatic carbocycles. The van der Waals surface area contributed by atoms with Gasteiger partial charge in [0.1, 0.15) is 0 Å². The smallest absolute Gasteiger partial charge is 0.0696 e. The molecule has 12 heavy (non-hydrogen) atoms. The first-order chi connectivity index (χ1) is 5.41. The van der Waals surface area contributed by atoms with E-state index in [1.54, 1.807) is 6.07 Å². The summed E-state index contributed by atoms with van der Waals surface area (Å²) >= 11 is 0. The van der Waals surface area contributed by atoms with E-state index in [0.29, 0.717) is 4.90 Å². The molecular weight excluding hydrogens is 170 g/mol. The highest BCUT2D eigenvalue weighted by molar-refractivity contribution is 7.91. The lowest BCUT2D eigenvalue weighted by Gasteiger charge is -2.04. The molecule has 2 nitrogen and oxygen atoms in total. The van der Waals surface area contributed by atoms with Crippen molar-refractivity contribution >= 4 is 9.73 Å². The molecule has 1 aromatic rings. The van der Waals surface area contributed by atoms with E-state index in [2.05, 4.69) is 0 Å². The van der Waals surface area contributed by atoms with Gasteiger partial charge in [0.2, 0.25) is 0 Å². The molecule has 0 spiro atoms. The first-order valence-electron chi connectivity index (χ1n) is 3.72. The van der Waals surface area contributed by atoms with E-state index in [9.17, 15) is 4.21 Å². The Morgan fingerprint density at radius 1 is 1.25 bits per heavy atom.